The fraction of sp³-hybridized carbons (Fsp3) is 0.318. The maximum absolute atomic E-state index is 13.3. The summed E-state index contributed by atoms with van der Waals surface area (Å²) in [7, 11) is 0. The van der Waals surface area contributed by atoms with Gasteiger partial charge >= 0.3 is 0 Å². The van der Waals surface area contributed by atoms with E-state index in [0.29, 0.717) is 0 Å². The minimum Gasteiger partial charge on any atom is -0.369 e. The topological polar surface area (TPSA) is 24.3 Å². The second-order valence-corrected chi connectivity index (χ2v) is 7.93. The molecule has 0 atom stereocenters. The number of rotatable bonds is 6. The van der Waals surface area contributed by atoms with Crippen molar-refractivity contribution in [3.63, 3.8) is 0 Å². The van der Waals surface area contributed by atoms with Crippen LogP contribution in [-0.2, 0) is 6.54 Å². The van der Waals surface area contributed by atoms with E-state index in [-0.39, 0.29) is 11.6 Å². The zero-order chi connectivity index (χ0) is 20.2. The Labute approximate surface area is 174 Å². The van der Waals surface area contributed by atoms with Crippen molar-refractivity contribution in [1.82, 2.24) is 14.7 Å². The number of hydrogen-bond donors (Lipinski definition) is 0. The van der Waals surface area contributed by atoms with Crippen LogP contribution in [0.4, 0.5) is 14.5 Å². The van der Waals surface area contributed by atoms with E-state index in [0.717, 1.165) is 61.2 Å². The Bertz CT molecular complexity index is 932. The lowest BCUT2D eigenvalue weighted by Crippen LogP contribution is -2.47. The average molecular weight is 415 g/mol. The number of benzene rings is 2. The molecular weight excluding hydrogens is 390 g/mol. The Balaban J connectivity index is 1.38. The van der Waals surface area contributed by atoms with Crippen molar-refractivity contribution < 1.29 is 8.78 Å². The number of piperazine rings is 1. The molecule has 4 rings (SSSR count). The molecule has 0 bridgehead atoms. The van der Waals surface area contributed by atoms with Crippen LogP contribution in [0.1, 0.15) is 0 Å². The summed E-state index contributed by atoms with van der Waals surface area (Å²) >= 11 is 1.61. The van der Waals surface area contributed by atoms with E-state index in [1.54, 1.807) is 23.9 Å². The molecule has 1 aliphatic rings. The smallest absolute Gasteiger partial charge is 0.123 e. The first-order chi connectivity index (χ1) is 14.1. The molecule has 1 aliphatic heterocycles. The predicted molar refractivity (Wildman–Crippen MR) is 114 cm³/mol. The van der Waals surface area contributed by atoms with Gasteiger partial charge in [0, 0.05) is 44.0 Å². The first-order valence-electron chi connectivity index (χ1n) is 9.73. The SMILES string of the molecule is CSc1cc(-c2ccc(F)cc2)n(CCN2CCN(c3ccc(F)cc3)CC2)n1. The van der Waals surface area contributed by atoms with Crippen LogP contribution in [-0.4, -0.2) is 53.7 Å². The van der Waals surface area contributed by atoms with Gasteiger partial charge in [0.25, 0.3) is 0 Å². The van der Waals surface area contributed by atoms with Gasteiger partial charge in [-0.2, -0.15) is 5.10 Å². The van der Waals surface area contributed by atoms with Gasteiger partial charge in [0.1, 0.15) is 16.7 Å². The predicted octanol–water partition coefficient (Wildman–Crippen LogP) is 4.37. The van der Waals surface area contributed by atoms with Crippen LogP contribution in [0.2, 0.25) is 0 Å². The summed E-state index contributed by atoms with van der Waals surface area (Å²) in [6.07, 6.45) is 2.01. The number of anilines is 1. The Hall–Kier alpha value is -2.38. The molecule has 1 saturated heterocycles. The van der Waals surface area contributed by atoms with E-state index in [4.69, 9.17) is 5.10 Å². The second-order valence-electron chi connectivity index (χ2n) is 7.11. The molecule has 152 valence electrons. The molecule has 0 saturated carbocycles. The number of nitrogens with zero attached hydrogens (tertiary/aromatic N) is 4. The zero-order valence-electron chi connectivity index (χ0n) is 16.4. The minimum atomic E-state index is -0.232. The standard InChI is InChI=1S/C22H24F2N4S/c1-29-22-16-21(17-2-4-18(23)5-3-17)28(25-22)15-12-26-10-13-27(14-11-26)20-8-6-19(24)7-9-20/h2-9,16H,10-15H2,1H3. The molecule has 0 unspecified atom stereocenters. The summed E-state index contributed by atoms with van der Waals surface area (Å²) in [4.78, 5) is 4.72. The maximum atomic E-state index is 13.3. The van der Waals surface area contributed by atoms with Crippen LogP contribution < -0.4 is 4.90 Å². The molecule has 29 heavy (non-hydrogen) atoms. The molecule has 4 nitrogen and oxygen atoms in total. The van der Waals surface area contributed by atoms with Crippen molar-refractivity contribution in [1.29, 1.82) is 0 Å². The monoisotopic (exact) mass is 414 g/mol. The van der Waals surface area contributed by atoms with Crippen LogP contribution in [0.15, 0.2) is 59.6 Å². The summed E-state index contributed by atoms with van der Waals surface area (Å²) < 4.78 is 28.4. The van der Waals surface area contributed by atoms with Crippen molar-refractivity contribution in [3.05, 3.63) is 66.2 Å². The molecular formula is C22H24F2N4S. The maximum Gasteiger partial charge on any atom is 0.123 e. The molecule has 2 aromatic carbocycles. The third-order valence-corrected chi connectivity index (χ3v) is 5.92. The van der Waals surface area contributed by atoms with E-state index < -0.39 is 0 Å². The van der Waals surface area contributed by atoms with E-state index in [1.807, 2.05) is 23.1 Å². The first kappa shape index (κ1) is 19.9. The summed E-state index contributed by atoms with van der Waals surface area (Å²) in [6, 6.07) is 15.3. The van der Waals surface area contributed by atoms with Gasteiger partial charge in [-0.25, -0.2) is 8.78 Å². The van der Waals surface area contributed by atoms with Crippen molar-refractivity contribution in [3.8, 4) is 11.3 Å². The number of aromatic nitrogens is 2. The molecule has 7 heteroatoms. The van der Waals surface area contributed by atoms with E-state index in [2.05, 4.69) is 15.9 Å². The third kappa shape index (κ3) is 4.79. The Kier molecular flexibility index (Phi) is 6.16. The zero-order valence-corrected chi connectivity index (χ0v) is 17.2. The normalized spacial score (nSPS) is 15.1. The van der Waals surface area contributed by atoms with E-state index in [9.17, 15) is 8.78 Å². The van der Waals surface area contributed by atoms with Gasteiger partial charge in [0.2, 0.25) is 0 Å². The molecule has 1 fully saturated rings. The Morgan fingerprint density at radius 3 is 2.10 bits per heavy atom. The van der Waals surface area contributed by atoms with Crippen molar-refractivity contribution in [2.24, 2.45) is 0 Å². The highest BCUT2D eigenvalue weighted by molar-refractivity contribution is 7.98. The lowest BCUT2D eigenvalue weighted by molar-refractivity contribution is 0.244. The third-order valence-electron chi connectivity index (χ3n) is 5.30. The van der Waals surface area contributed by atoms with Gasteiger partial charge in [-0.1, -0.05) is 0 Å². The van der Waals surface area contributed by atoms with Gasteiger partial charge < -0.3 is 4.90 Å². The lowest BCUT2D eigenvalue weighted by Gasteiger charge is -2.36. The van der Waals surface area contributed by atoms with Crippen molar-refractivity contribution >= 4 is 17.4 Å². The molecule has 2 heterocycles. The highest BCUT2D eigenvalue weighted by Gasteiger charge is 2.18. The van der Waals surface area contributed by atoms with E-state index >= 15 is 0 Å². The molecule has 0 N–H and O–H groups in total. The van der Waals surface area contributed by atoms with Crippen LogP contribution in [0.3, 0.4) is 0 Å². The minimum absolute atomic E-state index is 0.201. The summed E-state index contributed by atoms with van der Waals surface area (Å²) in [5.41, 5.74) is 3.06. The van der Waals surface area contributed by atoms with Gasteiger partial charge in [0.05, 0.1) is 12.2 Å². The molecule has 0 amide bonds. The van der Waals surface area contributed by atoms with Crippen molar-refractivity contribution in [2.45, 2.75) is 11.6 Å². The number of thioether (sulfide) groups is 1. The highest BCUT2D eigenvalue weighted by atomic mass is 32.2. The summed E-state index contributed by atoms with van der Waals surface area (Å²) in [6.45, 7) is 5.45. The largest absolute Gasteiger partial charge is 0.369 e. The molecule has 0 aliphatic carbocycles. The first-order valence-corrected chi connectivity index (χ1v) is 11.0. The average Bonchev–Trinajstić information content (AvgIpc) is 3.17. The van der Waals surface area contributed by atoms with Crippen LogP contribution >= 0.6 is 11.8 Å². The fourth-order valence-electron chi connectivity index (χ4n) is 3.63. The van der Waals surface area contributed by atoms with Gasteiger partial charge in [-0.3, -0.25) is 9.58 Å². The molecule has 0 radical (unpaired) electrons. The number of halogens is 2. The fourth-order valence-corrected chi connectivity index (χ4v) is 4.04. The van der Waals surface area contributed by atoms with Crippen LogP contribution in [0, 0.1) is 11.6 Å². The number of hydrogen-bond acceptors (Lipinski definition) is 4. The van der Waals surface area contributed by atoms with Crippen molar-refractivity contribution in [2.75, 3.05) is 43.9 Å². The highest BCUT2D eigenvalue weighted by Crippen LogP contribution is 2.25. The van der Waals surface area contributed by atoms with Crippen LogP contribution in [0.25, 0.3) is 11.3 Å². The van der Waals surface area contributed by atoms with E-state index in [1.165, 1.54) is 24.3 Å². The van der Waals surface area contributed by atoms with Gasteiger partial charge in [0.15, 0.2) is 0 Å². The Morgan fingerprint density at radius 2 is 1.48 bits per heavy atom. The second kappa shape index (κ2) is 8.97. The van der Waals surface area contributed by atoms with Crippen LogP contribution in [0.5, 0.6) is 0 Å². The van der Waals surface area contributed by atoms with Gasteiger partial charge in [-0.05, 0) is 60.9 Å². The summed E-state index contributed by atoms with van der Waals surface area (Å²) in [5, 5.41) is 5.66. The molecule has 3 aromatic rings. The Morgan fingerprint density at radius 1 is 0.862 bits per heavy atom. The quantitative estimate of drug-likeness (QED) is 0.559. The van der Waals surface area contributed by atoms with Gasteiger partial charge in [-0.15, -0.1) is 11.8 Å². The summed E-state index contributed by atoms with van der Waals surface area (Å²) in [5.74, 6) is -0.433. The molecule has 1 aromatic heterocycles. The lowest BCUT2D eigenvalue weighted by atomic mass is 10.1. The molecule has 0 spiro atoms.